The number of benzene rings is 1. The van der Waals surface area contributed by atoms with E-state index >= 15 is 0 Å². The van der Waals surface area contributed by atoms with Crippen molar-refractivity contribution in [1.82, 2.24) is 4.90 Å². The summed E-state index contributed by atoms with van der Waals surface area (Å²) in [5, 5.41) is 27.0. The highest BCUT2D eigenvalue weighted by Gasteiger charge is 2.40. The van der Waals surface area contributed by atoms with Crippen molar-refractivity contribution in [2.24, 2.45) is 10.8 Å². The number of rotatable bonds is 27. The van der Waals surface area contributed by atoms with Crippen LogP contribution in [-0.2, 0) is 23.9 Å². The topological polar surface area (TPSA) is 158 Å². The number of Topliss-reactive ketones (excluding diaryl/α,β-unsaturated/α-hetero) is 1. The number of hydrogen-bond acceptors (Lipinski definition) is 10. The van der Waals surface area contributed by atoms with Crippen LogP contribution in [0.1, 0.15) is 177 Å². The highest BCUT2D eigenvalue weighted by atomic mass is 32.2. The second-order valence-electron chi connectivity index (χ2n) is 19.6. The van der Waals surface area contributed by atoms with Gasteiger partial charge >= 0.3 is 0 Å². The third-order valence-corrected chi connectivity index (χ3v) is 14.0. The summed E-state index contributed by atoms with van der Waals surface area (Å²) in [4.78, 5) is 40.8. The van der Waals surface area contributed by atoms with Crippen molar-refractivity contribution < 1.29 is 44.6 Å². The number of unbranched alkanes of at least 4 members (excludes halogenated alkanes) is 4. The number of nitrogens with zero attached hydrogens (tertiary/aromatic N) is 1. The molecule has 10 nitrogen and oxygen atoms in total. The summed E-state index contributed by atoms with van der Waals surface area (Å²) in [6, 6.07) is 9.39. The van der Waals surface area contributed by atoms with Crippen LogP contribution < -0.4 is 5.32 Å². The molecule has 11 heteroatoms. The molecule has 0 bridgehead atoms. The van der Waals surface area contributed by atoms with E-state index in [1.807, 2.05) is 19.7 Å². The molecular weight excluding hydrogens is 957 g/mol. The normalized spacial score (nSPS) is 16.4. The van der Waals surface area contributed by atoms with Crippen LogP contribution in [0.4, 0.5) is 0 Å². The predicted octanol–water partition coefficient (Wildman–Crippen LogP) is 13.4. The lowest BCUT2D eigenvalue weighted by molar-refractivity contribution is -0.684. The van der Waals surface area contributed by atoms with E-state index in [1.54, 1.807) is 26.0 Å². The lowest BCUT2D eigenvalue weighted by Gasteiger charge is -2.39. The number of allylic oxidation sites excluding steroid dienone is 13. The van der Waals surface area contributed by atoms with Crippen molar-refractivity contribution in [2.75, 3.05) is 47.3 Å². The first-order valence-electron chi connectivity index (χ1n) is 26.9. The molecule has 3 atom stereocenters. The zero-order valence-corrected chi connectivity index (χ0v) is 50.5. The molecule has 3 unspecified atom stereocenters. The molecule has 0 heterocycles. The summed E-state index contributed by atoms with van der Waals surface area (Å²) in [5.74, 6) is 0.926. The van der Waals surface area contributed by atoms with E-state index in [2.05, 4.69) is 169 Å². The van der Waals surface area contributed by atoms with E-state index in [9.17, 15) is 14.7 Å². The number of ketones is 1. The SMILES string of the molecule is C=C/C=C/CC/C(=C(\C(C)=C\C)C(C)(C)CC)N(/C=C/C=C1\CCCC(/C=C/CC(C)(C)C2c3ccccc3C=CC2[NH2+]CCCCC)=C1SCC(O)C=O)CCCCC.C=O.C=O.CC(C)=O.CO.CO.COC. The second kappa shape index (κ2) is 49.1. The van der Waals surface area contributed by atoms with Gasteiger partial charge < -0.3 is 49.5 Å². The highest BCUT2D eigenvalue weighted by Crippen LogP contribution is 2.45. The highest BCUT2D eigenvalue weighted by molar-refractivity contribution is 8.03. The van der Waals surface area contributed by atoms with Crippen molar-refractivity contribution in [3.8, 4) is 0 Å². The third-order valence-electron chi connectivity index (χ3n) is 12.7. The Labute approximate surface area is 462 Å². The van der Waals surface area contributed by atoms with Crippen LogP contribution in [-0.4, -0.2) is 105 Å². The van der Waals surface area contributed by atoms with E-state index < -0.39 is 6.10 Å². The Morgan fingerprint density at radius 2 is 1.52 bits per heavy atom. The zero-order chi connectivity index (χ0) is 58.3. The van der Waals surface area contributed by atoms with E-state index in [-0.39, 0.29) is 16.6 Å². The molecule has 426 valence electrons. The molecule has 5 N–H and O–H groups in total. The molecule has 0 aliphatic heterocycles. The third kappa shape index (κ3) is 32.0. The van der Waals surface area contributed by atoms with Crippen LogP contribution in [0.5, 0.6) is 0 Å². The maximum Gasteiger partial charge on any atom is 0.149 e. The summed E-state index contributed by atoms with van der Waals surface area (Å²) in [6.45, 7) is 34.1. The van der Waals surface area contributed by atoms with Crippen molar-refractivity contribution in [2.45, 2.75) is 178 Å². The van der Waals surface area contributed by atoms with Crippen molar-refractivity contribution >= 4 is 43.5 Å². The van der Waals surface area contributed by atoms with E-state index in [1.165, 1.54) is 90.0 Å². The maximum atomic E-state index is 11.6. The number of aliphatic hydroxyl groups excluding tert-OH is 3. The second-order valence-corrected chi connectivity index (χ2v) is 20.6. The van der Waals surface area contributed by atoms with Crippen molar-refractivity contribution in [1.29, 1.82) is 0 Å². The van der Waals surface area contributed by atoms with Crippen LogP contribution in [0.25, 0.3) is 6.08 Å². The number of carbonyl (C=O) groups is 4. The first-order chi connectivity index (χ1) is 36.0. The smallest absolute Gasteiger partial charge is 0.149 e. The molecule has 3 rings (SSSR count). The number of fused-ring (bicyclic) bond motifs is 1. The van der Waals surface area contributed by atoms with Gasteiger partial charge in [-0.15, -0.1) is 11.8 Å². The van der Waals surface area contributed by atoms with Gasteiger partial charge in [0.25, 0.3) is 0 Å². The number of nitrogens with two attached hydrogens (primary N) is 1. The van der Waals surface area contributed by atoms with Gasteiger partial charge in [0.05, 0.1) is 6.54 Å². The van der Waals surface area contributed by atoms with Gasteiger partial charge in [0.15, 0.2) is 0 Å². The van der Waals surface area contributed by atoms with Gasteiger partial charge in [-0.25, -0.2) is 0 Å². The lowest BCUT2D eigenvalue weighted by atomic mass is 9.66. The molecule has 0 fully saturated rings. The number of aliphatic hydroxyl groups is 3. The number of thioether (sulfide) groups is 1. The maximum absolute atomic E-state index is 11.6. The van der Waals surface area contributed by atoms with E-state index in [4.69, 9.17) is 19.8 Å². The molecule has 2 aliphatic rings. The molecular formula is C64H107N2O8S+. The Morgan fingerprint density at radius 1 is 0.920 bits per heavy atom. The standard InChI is InChI=1S/C55H82N2O2S.C3H6O.C2H6O.2CH4O.2CH2O/c1-11-16-19-20-34-50(51(43(6)14-4)54(7,8)15-5)57(39-24-18-13-3)40-27-32-46-30-25-29-45(53(46)60-42-47(59)41-58)31-26-37-55(9,10)52-48-33-22-21-28-44(48)35-36-49(52)56-38-23-17-12-2;1-3(2)4;1-3-2;4*1-2/h11,14,16,19,21-22,26-28,31-33,35-36,40-41,47,49,52,56,59H,1,12-13,15,17-18,20,23-25,29-30,34,37-39,42H2,2-10H3;1-2H3;1-2H3;2*2H,1H3;2*1H2/p+1/b19-16+,31-26+,40-27+,43-14+,46-32+,51-50-;;;;;;. The molecule has 0 saturated heterocycles. The van der Waals surface area contributed by atoms with Gasteiger partial charge in [0, 0.05) is 63.5 Å². The first kappa shape index (κ1) is 77.0. The zero-order valence-electron chi connectivity index (χ0n) is 49.7. The van der Waals surface area contributed by atoms with Crippen LogP contribution >= 0.6 is 11.8 Å². The first-order valence-corrected chi connectivity index (χ1v) is 27.9. The Hall–Kier alpha value is -4.49. The Morgan fingerprint density at radius 3 is 2.08 bits per heavy atom. The average molecular weight is 1060 g/mol. The fraction of sp³-hybridized carbons (Fsp3) is 0.562. The van der Waals surface area contributed by atoms with Gasteiger partial charge in [-0.05, 0) is 148 Å². The number of hydrogen-bond donors (Lipinski definition) is 4. The van der Waals surface area contributed by atoms with Gasteiger partial charge in [0.1, 0.15) is 37.8 Å². The van der Waals surface area contributed by atoms with E-state index in [0.29, 0.717) is 24.0 Å². The largest absolute Gasteiger partial charge is 0.400 e. The number of carbonyl (C=O) groups excluding carboxylic acids is 4. The molecule has 75 heavy (non-hydrogen) atoms. The van der Waals surface area contributed by atoms with E-state index in [0.717, 1.165) is 78.7 Å². The minimum atomic E-state index is -0.984. The van der Waals surface area contributed by atoms with Gasteiger partial charge in [-0.3, -0.25) is 0 Å². The quantitative estimate of drug-likeness (QED) is 0.0380. The number of methoxy groups -OCH3 is 1. The Balaban J connectivity index is -0.00000151. The molecule has 0 amide bonds. The molecule has 0 aromatic heterocycles. The fourth-order valence-electron chi connectivity index (χ4n) is 8.98. The Bertz CT molecular complexity index is 1920. The van der Waals surface area contributed by atoms with Crippen LogP contribution in [0.2, 0.25) is 0 Å². The molecule has 0 saturated carbocycles. The molecule has 1 aromatic rings. The molecule has 2 aliphatic carbocycles. The Kier molecular flexibility index (Phi) is 50.4. The monoisotopic (exact) mass is 1060 g/mol. The minimum absolute atomic E-state index is 0.0272. The summed E-state index contributed by atoms with van der Waals surface area (Å²) < 4.78 is 4.25. The van der Waals surface area contributed by atoms with Gasteiger partial charge in [0.2, 0.25) is 0 Å². The van der Waals surface area contributed by atoms with Crippen LogP contribution in [0.3, 0.4) is 0 Å². The predicted molar refractivity (Wildman–Crippen MR) is 324 cm³/mol. The van der Waals surface area contributed by atoms with Crippen LogP contribution in [0, 0.1) is 10.8 Å². The number of quaternary nitrogens is 1. The minimum Gasteiger partial charge on any atom is -0.400 e. The molecule has 0 spiro atoms. The fourth-order valence-corrected chi connectivity index (χ4v) is 10.1. The summed E-state index contributed by atoms with van der Waals surface area (Å²) in [7, 11) is 5.25. The lowest BCUT2D eigenvalue weighted by Crippen LogP contribution is -2.91. The molecule has 1 aromatic carbocycles. The van der Waals surface area contributed by atoms with Crippen LogP contribution in [0.15, 0.2) is 125 Å². The van der Waals surface area contributed by atoms with Crippen molar-refractivity contribution in [3.63, 3.8) is 0 Å². The summed E-state index contributed by atoms with van der Waals surface area (Å²) in [5.41, 5.74) is 9.69. The summed E-state index contributed by atoms with van der Waals surface area (Å²) >= 11 is 1.64. The summed E-state index contributed by atoms with van der Waals surface area (Å²) in [6.07, 6.45) is 38.9. The number of ether oxygens (including phenoxy) is 1. The number of aldehydes is 1. The van der Waals surface area contributed by atoms with Gasteiger partial charge in [-0.2, -0.15) is 0 Å². The van der Waals surface area contributed by atoms with Gasteiger partial charge in [-0.1, -0.05) is 147 Å². The molecule has 0 radical (unpaired) electrons. The van der Waals surface area contributed by atoms with Crippen molar-refractivity contribution in [3.05, 3.63) is 136 Å². The average Bonchev–Trinajstić information content (AvgIpc) is 3.41.